The van der Waals surface area contributed by atoms with Crippen molar-refractivity contribution < 1.29 is 24.2 Å². The van der Waals surface area contributed by atoms with Crippen LogP contribution in [0.4, 0.5) is 0 Å². The molecule has 2 aliphatic rings. The van der Waals surface area contributed by atoms with Crippen molar-refractivity contribution in [2.45, 2.75) is 6.04 Å². The number of nitrogens with zero attached hydrogens (tertiary/aromatic N) is 2. The van der Waals surface area contributed by atoms with Gasteiger partial charge in [0.2, 0.25) is 0 Å². The molecular weight excluding hydrogens is 476 g/mol. The van der Waals surface area contributed by atoms with E-state index in [1.165, 1.54) is 0 Å². The quantitative estimate of drug-likeness (QED) is 0.372. The molecule has 2 aromatic carbocycles. The van der Waals surface area contributed by atoms with Gasteiger partial charge in [0, 0.05) is 36.2 Å². The number of Topliss-reactive ketones (excluding diaryl/α,β-unsaturated/α-hetero) is 1. The number of carbonyl (C=O) groups is 2. The molecule has 8 heteroatoms. The minimum absolute atomic E-state index is 0.0903. The fraction of sp³-hybridized carbons (Fsp3) is 0.333. The summed E-state index contributed by atoms with van der Waals surface area (Å²) >= 11 is 3.38. The average Bonchev–Trinajstić information content (AvgIpc) is 3.08. The van der Waals surface area contributed by atoms with E-state index in [1.807, 2.05) is 12.1 Å². The summed E-state index contributed by atoms with van der Waals surface area (Å²) < 4.78 is 11.6. The van der Waals surface area contributed by atoms with Crippen molar-refractivity contribution in [3.8, 4) is 5.75 Å². The van der Waals surface area contributed by atoms with Crippen molar-refractivity contribution in [1.29, 1.82) is 0 Å². The summed E-state index contributed by atoms with van der Waals surface area (Å²) in [5.41, 5.74) is 1.28. The molecular formula is C24H25BrN2O5. The Hall–Kier alpha value is -2.68. The molecule has 2 saturated heterocycles. The molecule has 32 heavy (non-hydrogen) atoms. The zero-order chi connectivity index (χ0) is 22.7. The number of likely N-dealkylation sites (tertiary alicyclic amines) is 1. The Balaban J connectivity index is 1.74. The standard InChI is InChI=1S/C24H25BrN2O5/c1-31-19-4-2-3-17(15-19)21-20(22(28)16-5-7-18(25)8-6-16)23(29)24(30)27(21)10-9-26-11-13-32-14-12-26/h2-8,15,21,28H,9-14H2,1H3/b22-20+/t21-/m0/s1. The zero-order valence-corrected chi connectivity index (χ0v) is 19.4. The molecule has 2 heterocycles. The predicted molar refractivity (Wildman–Crippen MR) is 123 cm³/mol. The molecule has 4 rings (SSSR count). The van der Waals surface area contributed by atoms with Gasteiger partial charge in [0.15, 0.2) is 0 Å². The summed E-state index contributed by atoms with van der Waals surface area (Å²) in [7, 11) is 1.57. The Morgan fingerprint density at radius 2 is 1.84 bits per heavy atom. The highest BCUT2D eigenvalue weighted by Crippen LogP contribution is 2.40. The first-order valence-corrected chi connectivity index (χ1v) is 11.3. The average molecular weight is 501 g/mol. The van der Waals surface area contributed by atoms with Crippen LogP contribution in [0.25, 0.3) is 5.76 Å². The number of carbonyl (C=O) groups excluding carboxylic acids is 2. The van der Waals surface area contributed by atoms with Crippen LogP contribution in [-0.2, 0) is 14.3 Å². The van der Waals surface area contributed by atoms with E-state index in [1.54, 1.807) is 48.4 Å². The normalized spacial score (nSPS) is 21.2. The van der Waals surface area contributed by atoms with Crippen molar-refractivity contribution in [1.82, 2.24) is 9.80 Å². The van der Waals surface area contributed by atoms with Gasteiger partial charge in [-0.15, -0.1) is 0 Å². The van der Waals surface area contributed by atoms with Crippen LogP contribution in [-0.4, -0.2) is 73.1 Å². The second-order valence-electron chi connectivity index (χ2n) is 7.73. The zero-order valence-electron chi connectivity index (χ0n) is 17.8. The fourth-order valence-electron chi connectivity index (χ4n) is 4.11. The van der Waals surface area contributed by atoms with Crippen molar-refractivity contribution in [2.75, 3.05) is 46.5 Å². The third kappa shape index (κ3) is 4.57. The van der Waals surface area contributed by atoms with Crippen molar-refractivity contribution in [2.24, 2.45) is 0 Å². The molecule has 0 aliphatic carbocycles. The highest BCUT2D eigenvalue weighted by atomic mass is 79.9. The molecule has 7 nitrogen and oxygen atoms in total. The first-order valence-electron chi connectivity index (χ1n) is 10.5. The maximum absolute atomic E-state index is 13.1. The molecule has 2 fully saturated rings. The molecule has 2 aliphatic heterocycles. The number of amides is 1. The minimum Gasteiger partial charge on any atom is -0.507 e. The number of ether oxygens (including phenoxy) is 2. The topological polar surface area (TPSA) is 79.3 Å². The van der Waals surface area contributed by atoms with E-state index in [0.717, 1.165) is 17.6 Å². The number of aliphatic hydroxyl groups excluding tert-OH is 1. The van der Waals surface area contributed by atoms with E-state index in [0.29, 0.717) is 43.2 Å². The van der Waals surface area contributed by atoms with E-state index in [-0.39, 0.29) is 11.3 Å². The summed E-state index contributed by atoms with van der Waals surface area (Å²) in [6.45, 7) is 3.86. The summed E-state index contributed by atoms with van der Waals surface area (Å²) in [5, 5.41) is 11.1. The first-order chi connectivity index (χ1) is 15.5. The molecule has 0 radical (unpaired) electrons. The van der Waals surface area contributed by atoms with Crippen LogP contribution in [0.3, 0.4) is 0 Å². The lowest BCUT2D eigenvalue weighted by atomic mass is 9.95. The monoisotopic (exact) mass is 500 g/mol. The Morgan fingerprint density at radius 1 is 1.12 bits per heavy atom. The Labute approximate surface area is 195 Å². The van der Waals surface area contributed by atoms with E-state index in [4.69, 9.17) is 9.47 Å². The highest BCUT2D eigenvalue weighted by molar-refractivity contribution is 9.10. The van der Waals surface area contributed by atoms with E-state index >= 15 is 0 Å². The number of ketones is 1. The van der Waals surface area contributed by atoms with Gasteiger partial charge < -0.3 is 19.5 Å². The number of methoxy groups -OCH3 is 1. The summed E-state index contributed by atoms with van der Waals surface area (Å²) in [4.78, 5) is 29.9. The predicted octanol–water partition coefficient (Wildman–Crippen LogP) is 3.21. The van der Waals surface area contributed by atoms with Gasteiger partial charge in [-0.25, -0.2) is 0 Å². The number of benzene rings is 2. The molecule has 0 saturated carbocycles. The SMILES string of the molecule is COc1cccc([C@H]2/C(=C(\O)c3ccc(Br)cc3)C(=O)C(=O)N2CCN2CCOCC2)c1. The second-order valence-corrected chi connectivity index (χ2v) is 8.65. The molecule has 0 spiro atoms. The maximum atomic E-state index is 13.1. The molecule has 168 valence electrons. The van der Waals surface area contributed by atoms with Crippen LogP contribution in [0, 0.1) is 0 Å². The van der Waals surface area contributed by atoms with Crippen LogP contribution in [0.5, 0.6) is 5.75 Å². The summed E-state index contributed by atoms with van der Waals surface area (Å²) in [6.07, 6.45) is 0. The smallest absolute Gasteiger partial charge is 0.295 e. The fourth-order valence-corrected chi connectivity index (χ4v) is 4.37. The van der Waals surface area contributed by atoms with Crippen molar-refractivity contribution in [3.05, 3.63) is 69.7 Å². The highest BCUT2D eigenvalue weighted by Gasteiger charge is 2.46. The first kappa shape index (κ1) is 22.5. The third-order valence-electron chi connectivity index (χ3n) is 5.83. The van der Waals surface area contributed by atoms with Gasteiger partial charge in [-0.3, -0.25) is 14.5 Å². The molecule has 0 bridgehead atoms. The Bertz CT molecular complexity index is 1030. The Kier molecular flexibility index (Phi) is 6.93. The minimum atomic E-state index is -0.699. The van der Waals surface area contributed by atoms with Crippen LogP contribution in [0.15, 0.2) is 58.6 Å². The number of halogens is 1. The van der Waals surface area contributed by atoms with E-state index < -0.39 is 17.7 Å². The largest absolute Gasteiger partial charge is 0.507 e. The van der Waals surface area contributed by atoms with Crippen LogP contribution >= 0.6 is 15.9 Å². The van der Waals surface area contributed by atoms with Gasteiger partial charge in [-0.1, -0.05) is 40.2 Å². The van der Waals surface area contributed by atoms with Crippen LogP contribution in [0.2, 0.25) is 0 Å². The van der Waals surface area contributed by atoms with Gasteiger partial charge in [-0.2, -0.15) is 0 Å². The number of hydrogen-bond acceptors (Lipinski definition) is 6. The number of aliphatic hydroxyl groups is 1. The molecule has 0 unspecified atom stereocenters. The van der Waals surface area contributed by atoms with Gasteiger partial charge in [0.25, 0.3) is 11.7 Å². The lowest BCUT2D eigenvalue weighted by Crippen LogP contribution is -2.42. The molecule has 2 aromatic rings. The molecule has 1 atom stereocenters. The van der Waals surface area contributed by atoms with E-state index in [9.17, 15) is 14.7 Å². The molecule has 1 N–H and O–H groups in total. The number of rotatable bonds is 6. The van der Waals surface area contributed by atoms with Crippen LogP contribution < -0.4 is 4.74 Å². The Morgan fingerprint density at radius 3 is 2.53 bits per heavy atom. The molecule has 0 aromatic heterocycles. The number of morpholine rings is 1. The van der Waals surface area contributed by atoms with Gasteiger partial charge in [-0.05, 0) is 29.8 Å². The summed E-state index contributed by atoms with van der Waals surface area (Å²) in [6, 6.07) is 13.5. The van der Waals surface area contributed by atoms with Gasteiger partial charge in [0.1, 0.15) is 11.5 Å². The van der Waals surface area contributed by atoms with E-state index in [2.05, 4.69) is 20.8 Å². The lowest BCUT2D eigenvalue weighted by Gasteiger charge is -2.31. The maximum Gasteiger partial charge on any atom is 0.295 e. The van der Waals surface area contributed by atoms with Gasteiger partial charge >= 0.3 is 0 Å². The van der Waals surface area contributed by atoms with Crippen molar-refractivity contribution in [3.63, 3.8) is 0 Å². The lowest BCUT2D eigenvalue weighted by molar-refractivity contribution is -0.140. The second kappa shape index (κ2) is 9.85. The van der Waals surface area contributed by atoms with Crippen molar-refractivity contribution >= 4 is 33.4 Å². The molecule has 1 amide bonds. The van der Waals surface area contributed by atoms with Crippen LogP contribution in [0.1, 0.15) is 17.2 Å². The number of hydrogen-bond donors (Lipinski definition) is 1. The third-order valence-corrected chi connectivity index (χ3v) is 6.36. The van der Waals surface area contributed by atoms with Gasteiger partial charge in [0.05, 0.1) is 31.9 Å². The summed E-state index contributed by atoms with van der Waals surface area (Å²) in [5.74, 6) is -0.854.